The summed E-state index contributed by atoms with van der Waals surface area (Å²) < 4.78 is 5.04. The van der Waals surface area contributed by atoms with Crippen molar-refractivity contribution in [3.05, 3.63) is 24.0 Å². The van der Waals surface area contributed by atoms with Gasteiger partial charge in [-0.3, -0.25) is 4.98 Å². The molecule has 1 N–H and O–H groups in total. The summed E-state index contributed by atoms with van der Waals surface area (Å²) in [5.41, 5.74) is 2.64. The van der Waals surface area contributed by atoms with E-state index < -0.39 is 0 Å². The summed E-state index contributed by atoms with van der Waals surface area (Å²) in [5.74, 6) is 0.706. The van der Waals surface area contributed by atoms with Crippen LogP contribution in [0.5, 0.6) is 5.75 Å². The molecule has 14 heavy (non-hydrogen) atoms. The summed E-state index contributed by atoms with van der Waals surface area (Å²) in [6.45, 7) is 0. The maximum absolute atomic E-state index is 10.4. The zero-order valence-corrected chi connectivity index (χ0v) is 7.78. The number of rotatable bonds is 3. The van der Waals surface area contributed by atoms with Gasteiger partial charge < -0.3 is 14.5 Å². The summed E-state index contributed by atoms with van der Waals surface area (Å²) in [7, 11) is 1.60. The minimum Gasteiger partial charge on any atom is -0.495 e. The highest BCUT2D eigenvalue weighted by atomic mass is 16.5. The third kappa shape index (κ3) is 1.35. The topological polar surface area (TPSA) is 55.0 Å². The SMILES string of the molecule is COc1cnc2c(CC=O)c[nH]c2c1. The first-order valence-corrected chi connectivity index (χ1v) is 4.29. The van der Waals surface area contributed by atoms with Crippen LogP contribution in [0.25, 0.3) is 11.0 Å². The van der Waals surface area contributed by atoms with Crippen molar-refractivity contribution in [2.24, 2.45) is 0 Å². The number of hydrogen-bond donors (Lipinski definition) is 1. The van der Waals surface area contributed by atoms with Crippen LogP contribution in [0.3, 0.4) is 0 Å². The van der Waals surface area contributed by atoms with Gasteiger partial charge in [-0.05, 0) is 0 Å². The first-order chi connectivity index (χ1) is 6.85. The number of methoxy groups -OCH3 is 1. The number of aromatic nitrogens is 2. The van der Waals surface area contributed by atoms with Crippen LogP contribution in [-0.4, -0.2) is 23.4 Å². The molecule has 0 aromatic carbocycles. The molecule has 0 fully saturated rings. The van der Waals surface area contributed by atoms with Crippen molar-refractivity contribution >= 4 is 17.3 Å². The maximum atomic E-state index is 10.4. The Morgan fingerprint density at radius 3 is 3.21 bits per heavy atom. The van der Waals surface area contributed by atoms with Crippen LogP contribution >= 0.6 is 0 Å². The molecule has 2 rings (SSSR count). The first-order valence-electron chi connectivity index (χ1n) is 4.29. The molecule has 72 valence electrons. The fourth-order valence-electron chi connectivity index (χ4n) is 1.40. The molecule has 2 heterocycles. The normalized spacial score (nSPS) is 10.4. The lowest BCUT2D eigenvalue weighted by molar-refractivity contribution is -0.107. The van der Waals surface area contributed by atoms with Crippen molar-refractivity contribution in [2.75, 3.05) is 7.11 Å². The molecule has 0 atom stereocenters. The number of hydrogen-bond acceptors (Lipinski definition) is 3. The average Bonchev–Trinajstić information content (AvgIpc) is 2.61. The lowest BCUT2D eigenvalue weighted by Crippen LogP contribution is -1.87. The molecule has 2 aromatic rings. The number of nitrogens with one attached hydrogen (secondary N) is 1. The van der Waals surface area contributed by atoms with E-state index in [0.717, 1.165) is 22.9 Å². The molecular weight excluding hydrogens is 180 g/mol. The van der Waals surface area contributed by atoms with E-state index in [9.17, 15) is 4.79 Å². The standard InChI is InChI=1S/C10H10N2O2/c1-14-8-4-9-10(12-6-8)7(2-3-13)5-11-9/h3-6,11H,2H2,1H3. The minimum atomic E-state index is 0.388. The minimum absolute atomic E-state index is 0.388. The van der Waals surface area contributed by atoms with Crippen LogP contribution < -0.4 is 4.74 Å². The van der Waals surface area contributed by atoms with Gasteiger partial charge >= 0.3 is 0 Å². The number of aromatic amines is 1. The Kier molecular flexibility index (Phi) is 2.18. The quantitative estimate of drug-likeness (QED) is 0.742. The van der Waals surface area contributed by atoms with Gasteiger partial charge in [0, 0.05) is 24.2 Å². The molecule has 0 aliphatic carbocycles. The van der Waals surface area contributed by atoms with E-state index in [1.54, 1.807) is 19.5 Å². The predicted molar refractivity (Wildman–Crippen MR) is 52.4 cm³/mol. The lowest BCUT2D eigenvalue weighted by atomic mass is 10.2. The summed E-state index contributed by atoms with van der Waals surface area (Å²) in [4.78, 5) is 17.6. The number of carbonyl (C=O) groups excluding carboxylic acids is 1. The summed E-state index contributed by atoms with van der Waals surface area (Å²) in [6, 6.07) is 1.86. The van der Waals surface area contributed by atoms with Crippen molar-refractivity contribution in [2.45, 2.75) is 6.42 Å². The fourth-order valence-corrected chi connectivity index (χ4v) is 1.40. The highest BCUT2D eigenvalue weighted by Gasteiger charge is 2.05. The summed E-state index contributed by atoms with van der Waals surface area (Å²) >= 11 is 0. The molecule has 0 radical (unpaired) electrons. The number of carbonyl (C=O) groups is 1. The largest absolute Gasteiger partial charge is 0.495 e. The second-order valence-electron chi connectivity index (χ2n) is 2.96. The average molecular weight is 190 g/mol. The third-order valence-electron chi connectivity index (χ3n) is 2.11. The molecule has 0 spiro atoms. The Balaban J connectivity index is 2.53. The first kappa shape index (κ1) is 8.74. The number of aldehydes is 1. The van der Waals surface area contributed by atoms with Gasteiger partial charge in [-0.1, -0.05) is 0 Å². The third-order valence-corrected chi connectivity index (χ3v) is 2.11. The Labute approximate surface area is 80.9 Å². The molecule has 0 saturated carbocycles. The lowest BCUT2D eigenvalue weighted by Gasteiger charge is -1.98. The number of nitrogens with zero attached hydrogens (tertiary/aromatic N) is 1. The molecule has 4 heteroatoms. The molecule has 0 unspecified atom stereocenters. The molecular formula is C10H10N2O2. The van der Waals surface area contributed by atoms with Crippen molar-refractivity contribution in [1.29, 1.82) is 0 Å². The number of fused-ring (bicyclic) bond motifs is 1. The van der Waals surface area contributed by atoms with Crippen LogP contribution in [0, 0.1) is 0 Å². The number of pyridine rings is 1. The molecule has 0 aliphatic rings. The van der Waals surface area contributed by atoms with E-state index in [4.69, 9.17) is 4.74 Å². The van der Waals surface area contributed by atoms with Gasteiger partial charge in [0.15, 0.2) is 0 Å². The van der Waals surface area contributed by atoms with Crippen molar-refractivity contribution in [3.8, 4) is 5.75 Å². The Bertz CT molecular complexity index is 462. The predicted octanol–water partition coefficient (Wildman–Crippen LogP) is 1.31. The highest BCUT2D eigenvalue weighted by Crippen LogP contribution is 2.20. The van der Waals surface area contributed by atoms with Crippen LogP contribution in [0.2, 0.25) is 0 Å². The number of H-pyrrole nitrogens is 1. The van der Waals surface area contributed by atoms with E-state index in [2.05, 4.69) is 9.97 Å². The van der Waals surface area contributed by atoms with E-state index in [0.29, 0.717) is 12.2 Å². The van der Waals surface area contributed by atoms with Gasteiger partial charge in [0.1, 0.15) is 12.0 Å². The van der Waals surface area contributed by atoms with E-state index in [-0.39, 0.29) is 0 Å². The van der Waals surface area contributed by atoms with Gasteiger partial charge in [0.25, 0.3) is 0 Å². The van der Waals surface area contributed by atoms with E-state index >= 15 is 0 Å². The zero-order valence-electron chi connectivity index (χ0n) is 7.78. The van der Waals surface area contributed by atoms with Crippen LogP contribution in [-0.2, 0) is 11.2 Å². The molecule has 0 bridgehead atoms. The Hall–Kier alpha value is -1.84. The van der Waals surface area contributed by atoms with Crippen molar-refractivity contribution < 1.29 is 9.53 Å². The van der Waals surface area contributed by atoms with Gasteiger partial charge in [-0.15, -0.1) is 0 Å². The maximum Gasteiger partial charge on any atom is 0.139 e. The second-order valence-corrected chi connectivity index (χ2v) is 2.96. The molecule has 0 amide bonds. The van der Waals surface area contributed by atoms with Crippen molar-refractivity contribution in [3.63, 3.8) is 0 Å². The van der Waals surface area contributed by atoms with Crippen LogP contribution in [0.15, 0.2) is 18.5 Å². The highest BCUT2D eigenvalue weighted by molar-refractivity contribution is 5.82. The number of ether oxygens (including phenoxy) is 1. The molecule has 4 nitrogen and oxygen atoms in total. The van der Waals surface area contributed by atoms with Gasteiger partial charge in [0.2, 0.25) is 0 Å². The van der Waals surface area contributed by atoms with Crippen LogP contribution in [0.1, 0.15) is 5.56 Å². The Morgan fingerprint density at radius 1 is 1.64 bits per heavy atom. The van der Waals surface area contributed by atoms with E-state index in [1.165, 1.54) is 0 Å². The summed E-state index contributed by atoms with van der Waals surface area (Å²) in [6.07, 6.45) is 4.70. The monoisotopic (exact) mass is 190 g/mol. The van der Waals surface area contributed by atoms with Gasteiger partial charge in [-0.25, -0.2) is 0 Å². The summed E-state index contributed by atoms with van der Waals surface area (Å²) in [5, 5.41) is 0. The van der Waals surface area contributed by atoms with Gasteiger partial charge in [0.05, 0.1) is 24.3 Å². The molecule has 0 aliphatic heterocycles. The zero-order chi connectivity index (χ0) is 9.97. The van der Waals surface area contributed by atoms with Crippen LogP contribution in [0.4, 0.5) is 0 Å². The molecule has 0 saturated heterocycles. The van der Waals surface area contributed by atoms with E-state index in [1.807, 2.05) is 6.07 Å². The smallest absolute Gasteiger partial charge is 0.139 e. The fraction of sp³-hybridized carbons (Fsp3) is 0.200. The van der Waals surface area contributed by atoms with Gasteiger partial charge in [-0.2, -0.15) is 0 Å². The van der Waals surface area contributed by atoms with Crippen molar-refractivity contribution in [1.82, 2.24) is 9.97 Å². The molecule has 2 aromatic heterocycles. The second kappa shape index (κ2) is 3.49. The Morgan fingerprint density at radius 2 is 2.50 bits per heavy atom.